The van der Waals surface area contributed by atoms with Gasteiger partial charge in [-0.05, 0) is 19.9 Å². The van der Waals surface area contributed by atoms with Crippen molar-refractivity contribution in [1.29, 1.82) is 0 Å². The van der Waals surface area contributed by atoms with E-state index in [1.54, 1.807) is 0 Å². The molecule has 24 unspecified atom stereocenters. The van der Waals surface area contributed by atoms with Gasteiger partial charge in [-0.15, -0.1) is 0 Å². The summed E-state index contributed by atoms with van der Waals surface area (Å²) in [4.78, 5) is 0. The average molecular weight is 886 g/mol. The van der Waals surface area contributed by atoms with Gasteiger partial charge < -0.3 is 130 Å². The lowest BCUT2D eigenvalue weighted by Gasteiger charge is -2.46. The summed E-state index contributed by atoms with van der Waals surface area (Å²) in [5.41, 5.74) is 0. The van der Waals surface area contributed by atoms with Gasteiger partial charge in [-0.1, -0.05) is 0 Å². The number of hydrogen-bond acceptors (Lipinski definition) is 26. The van der Waals surface area contributed by atoms with Gasteiger partial charge in [0.05, 0.1) is 45.2 Å². The average Bonchev–Trinajstić information content (AvgIpc) is 3.23. The Kier molecular flexibility index (Phi) is 20.4. The minimum Gasteiger partial charge on any atom is -0.394 e. The number of ether oxygens (including phenoxy) is 8. The zero-order valence-electron chi connectivity index (χ0n) is 32.6. The third kappa shape index (κ3) is 12.6. The molecule has 354 valence electrons. The Morgan fingerprint density at radius 1 is 0.517 bits per heavy atom. The molecular weight excluding hydrogens is 822 g/mol. The highest BCUT2D eigenvalue weighted by Gasteiger charge is 2.51. The molecule has 0 saturated carbocycles. The van der Waals surface area contributed by atoms with Gasteiger partial charge in [-0.3, -0.25) is 0 Å². The monoisotopic (exact) mass is 885 g/mol. The van der Waals surface area contributed by atoms with E-state index in [0.717, 1.165) is 0 Å². The molecule has 4 aliphatic rings. The summed E-state index contributed by atoms with van der Waals surface area (Å²) < 4.78 is 43.6. The summed E-state index contributed by atoms with van der Waals surface area (Å²) in [5, 5.41) is 176. The van der Waals surface area contributed by atoms with E-state index in [9.17, 15) is 86.8 Å². The molecule has 0 radical (unpaired) electrons. The van der Waals surface area contributed by atoms with Crippen LogP contribution in [0.5, 0.6) is 0 Å². The highest BCUT2D eigenvalue weighted by Crippen LogP contribution is 2.31. The van der Waals surface area contributed by atoms with E-state index in [-0.39, 0.29) is 26.3 Å². The van der Waals surface area contributed by atoms with Gasteiger partial charge in [0.1, 0.15) is 116 Å². The van der Waals surface area contributed by atoms with Gasteiger partial charge in [0, 0.05) is 13.2 Å². The molecule has 0 aromatic rings. The lowest BCUT2D eigenvalue weighted by Crippen LogP contribution is -2.64. The van der Waals surface area contributed by atoms with Crippen molar-refractivity contribution in [3.05, 3.63) is 0 Å². The standard InChI is InChI=1S/C34H63NO25/c1-11-18(40)31(60-34-30(52)26(48)22(44)15(7-37)58-34)24(46)17(56-11)10-55-33-29(51)27(49)23(45)16(59-33)9-53-4-2-3-35-5-12(38)19(41)20(42)13(39)8-54-32-28(50)25(47)21(43)14(6-36)57-32/h11-52H,2-10H2,1H3. The Morgan fingerprint density at radius 3 is 1.58 bits per heavy atom. The highest BCUT2D eigenvalue weighted by atomic mass is 16.7. The maximum Gasteiger partial charge on any atom is 0.187 e. The largest absolute Gasteiger partial charge is 0.394 e. The molecule has 18 N–H and O–H groups in total. The summed E-state index contributed by atoms with van der Waals surface area (Å²) in [7, 11) is 0. The first kappa shape index (κ1) is 51.6. The van der Waals surface area contributed by atoms with E-state index in [1.165, 1.54) is 6.92 Å². The van der Waals surface area contributed by atoms with Gasteiger partial charge in [0.15, 0.2) is 18.9 Å². The fourth-order valence-electron chi connectivity index (χ4n) is 6.95. The van der Waals surface area contributed by atoms with E-state index in [2.05, 4.69) is 5.32 Å². The molecule has 4 rings (SSSR count). The molecule has 0 spiro atoms. The molecule has 0 aromatic carbocycles. The maximum atomic E-state index is 11.0. The molecule has 0 aliphatic carbocycles. The van der Waals surface area contributed by atoms with Gasteiger partial charge in [0.2, 0.25) is 0 Å². The van der Waals surface area contributed by atoms with E-state index < -0.39 is 173 Å². The third-order valence-electron chi connectivity index (χ3n) is 10.9. The van der Waals surface area contributed by atoms with Crippen LogP contribution in [0.4, 0.5) is 0 Å². The Morgan fingerprint density at radius 2 is 1.00 bits per heavy atom. The minimum absolute atomic E-state index is 0.0389. The van der Waals surface area contributed by atoms with Crippen molar-refractivity contribution in [2.24, 2.45) is 0 Å². The molecule has 4 fully saturated rings. The van der Waals surface area contributed by atoms with Crippen LogP contribution in [0.2, 0.25) is 0 Å². The second-order valence-corrected chi connectivity index (χ2v) is 15.3. The van der Waals surface area contributed by atoms with Crippen LogP contribution in [-0.4, -0.2) is 287 Å². The topological polar surface area (TPSA) is 430 Å². The molecule has 26 nitrogen and oxygen atoms in total. The summed E-state index contributed by atoms with van der Waals surface area (Å²) in [6.07, 6.45) is -38.2. The van der Waals surface area contributed by atoms with Crippen molar-refractivity contribution in [3.8, 4) is 0 Å². The zero-order valence-corrected chi connectivity index (χ0v) is 32.6. The van der Waals surface area contributed by atoms with Gasteiger partial charge in [0.25, 0.3) is 0 Å². The molecule has 60 heavy (non-hydrogen) atoms. The van der Waals surface area contributed by atoms with Crippen molar-refractivity contribution in [2.75, 3.05) is 52.7 Å². The Hall–Kier alpha value is -1.04. The van der Waals surface area contributed by atoms with Crippen LogP contribution in [0.3, 0.4) is 0 Å². The van der Waals surface area contributed by atoms with Gasteiger partial charge >= 0.3 is 0 Å². The smallest absolute Gasteiger partial charge is 0.187 e. The molecule has 26 heteroatoms. The molecular formula is C34H63NO25. The highest BCUT2D eigenvalue weighted by molar-refractivity contribution is 4.96. The molecule has 0 aromatic heterocycles. The third-order valence-corrected chi connectivity index (χ3v) is 10.9. The lowest BCUT2D eigenvalue weighted by atomic mass is 9.94. The maximum absolute atomic E-state index is 11.0. The van der Waals surface area contributed by atoms with Gasteiger partial charge in [-0.25, -0.2) is 0 Å². The second-order valence-electron chi connectivity index (χ2n) is 15.3. The quantitative estimate of drug-likeness (QED) is 0.0476. The van der Waals surface area contributed by atoms with Crippen molar-refractivity contribution >= 4 is 0 Å². The van der Waals surface area contributed by atoms with Crippen LogP contribution >= 0.6 is 0 Å². The summed E-state index contributed by atoms with van der Waals surface area (Å²) in [6.45, 7) is -1.62. The fraction of sp³-hybridized carbons (Fsp3) is 1.00. The Balaban J connectivity index is 1.16. The van der Waals surface area contributed by atoms with Crippen LogP contribution in [0, 0.1) is 0 Å². The van der Waals surface area contributed by atoms with E-state index in [4.69, 9.17) is 37.9 Å². The number of hydrogen-bond donors (Lipinski definition) is 18. The van der Waals surface area contributed by atoms with Crippen molar-refractivity contribution < 1.29 is 125 Å². The second kappa shape index (κ2) is 23.8. The number of aliphatic hydroxyl groups is 17. The predicted molar refractivity (Wildman–Crippen MR) is 190 cm³/mol. The Bertz CT molecular complexity index is 1230. The number of aliphatic hydroxyl groups excluding tert-OH is 17. The minimum atomic E-state index is -1.94. The summed E-state index contributed by atoms with van der Waals surface area (Å²) in [6, 6.07) is 0. The molecule has 4 saturated heterocycles. The lowest BCUT2D eigenvalue weighted by molar-refractivity contribution is -0.346. The van der Waals surface area contributed by atoms with Crippen LogP contribution < -0.4 is 5.32 Å². The van der Waals surface area contributed by atoms with E-state index in [0.29, 0.717) is 6.42 Å². The summed E-state index contributed by atoms with van der Waals surface area (Å²) >= 11 is 0. The first-order valence-electron chi connectivity index (χ1n) is 19.6. The number of rotatable bonds is 21. The van der Waals surface area contributed by atoms with Gasteiger partial charge in [-0.2, -0.15) is 0 Å². The van der Waals surface area contributed by atoms with Crippen molar-refractivity contribution in [1.82, 2.24) is 5.32 Å². The molecule has 4 heterocycles. The number of nitrogens with one attached hydrogen (secondary N) is 1. The van der Waals surface area contributed by atoms with Crippen LogP contribution in [0.15, 0.2) is 0 Å². The van der Waals surface area contributed by atoms with Crippen LogP contribution in [0.25, 0.3) is 0 Å². The van der Waals surface area contributed by atoms with Crippen LogP contribution in [-0.2, 0) is 37.9 Å². The van der Waals surface area contributed by atoms with E-state index >= 15 is 0 Å². The Labute approximate surface area is 343 Å². The molecule has 4 aliphatic heterocycles. The summed E-state index contributed by atoms with van der Waals surface area (Å²) in [5.74, 6) is 0. The first-order chi connectivity index (χ1) is 28.3. The van der Waals surface area contributed by atoms with Crippen LogP contribution in [0.1, 0.15) is 13.3 Å². The van der Waals surface area contributed by atoms with E-state index in [1.807, 2.05) is 0 Å². The van der Waals surface area contributed by atoms with Crippen molar-refractivity contribution in [2.45, 2.75) is 160 Å². The zero-order chi connectivity index (χ0) is 44.6. The molecule has 0 amide bonds. The van der Waals surface area contributed by atoms with Crippen molar-refractivity contribution in [3.63, 3.8) is 0 Å². The predicted octanol–water partition coefficient (Wildman–Crippen LogP) is -11.2. The first-order valence-corrected chi connectivity index (χ1v) is 19.6. The normalized spacial score (nSPS) is 44.9. The SMILES string of the molecule is CC1OC(COC2OC(COCCCNCC(O)C(O)C(O)C(O)COC3OC(CO)C(O)C(O)C3O)C(O)C(O)C2O)C(O)C(OC2OC(CO)C(O)C(O)C2O)C1O. The molecule has 0 bridgehead atoms. The fourth-order valence-corrected chi connectivity index (χ4v) is 6.95. The molecule has 24 atom stereocenters.